The standard InChI is InChI=1S/C38H37Cl3FN5O4/c1-38(2,3)51-37(50)47-17-21-15-28(47)32(21)44-33-25(12-11-22-16-23(48)18-46(22)36(49)19-9-10-19)35(41)45-34-26(33)14-20(6-5-13-43)29(31(34)42)24-7-4-8-27(39)30(24)40/h4,7-8,14,19,21-23,28,32,48H,5-6,9-10,15-18H2,1-3H3,(H,44,45)/t21-,22+,23+,28-,32+/m1/s1. The molecule has 9 nitrogen and oxygen atoms in total. The molecule has 2 N–H and O–H groups in total. The molecule has 8 rings (SSSR count). The van der Waals surface area contributed by atoms with Gasteiger partial charge in [-0.3, -0.25) is 4.79 Å². The van der Waals surface area contributed by atoms with Crippen LogP contribution in [-0.4, -0.2) is 74.8 Å². The lowest BCUT2D eigenvalue weighted by Crippen LogP contribution is -2.50. The highest BCUT2D eigenvalue weighted by Gasteiger charge is 2.55. The maximum absolute atomic E-state index is 17.0. The van der Waals surface area contributed by atoms with E-state index < -0.39 is 29.7 Å². The number of aliphatic hydroxyl groups is 1. The van der Waals surface area contributed by atoms with Gasteiger partial charge in [0.1, 0.15) is 16.3 Å². The molecule has 5 atom stereocenters. The van der Waals surface area contributed by atoms with Crippen molar-refractivity contribution in [1.29, 1.82) is 5.26 Å². The summed E-state index contributed by atoms with van der Waals surface area (Å²) in [6.45, 7) is 6.17. The molecule has 2 aliphatic carbocycles. The van der Waals surface area contributed by atoms with Gasteiger partial charge in [0.15, 0.2) is 5.82 Å². The zero-order valence-electron chi connectivity index (χ0n) is 28.4. The number of nitriles is 1. The van der Waals surface area contributed by atoms with Crippen molar-refractivity contribution >= 4 is 63.4 Å². The molecule has 3 aromatic rings. The van der Waals surface area contributed by atoms with Gasteiger partial charge in [0.2, 0.25) is 5.91 Å². The summed E-state index contributed by atoms with van der Waals surface area (Å²) < 4.78 is 22.6. The number of rotatable bonds is 6. The summed E-state index contributed by atoms with van der Waals surface area (Å²) in [6, 6.07) is 7.95. The van der Waals surface area contributed by atoms with Gasteiger partial charge in [-0.2, -0.15) is 5.26 Å². The van der Waals surface area contributed by atoms with Gasteiger partial charge in [-0.05, 0) is 64.2 Å². The lowest BCUT2D eigenvalue weighted by Gasteiger charge is -2.38. The van der Waals surface area contributed by atoms with E-state index in [1.54, 1.807) is 34.1 Å². The molecule has 0 radical (unpaired) electrons. The van der Waals surface area contributed by atoms with Crippen molar-refractivity contribution in [3.05, 3.63) is 56.4 Å². The largest absolute Gasteiger partial charge is 0.444 e. The van der Waals surface area contributed by atoms with Crippen LogP contribution in [0.3, 0.4) is 0 Å². The number of carbonyl (C=O) groups excluding carboxylic acids is 2. The number of benzene rings is 2. The molecule has 3 aliphatic heterocycles. The molecule has 5 fully saturated rings. The summed E-state index contributed by atoms with van der Waals surface area (Å²) in [4.78, 5) is 34.1. The molecule has 0 spiro atoms. The summed E-state index contributed by atoms with van der Waals surface area (Å²) in [5.74, 6) is 5.70. The van der Waals surface area contributed by atoms with Gasteiger partial charge in [-0.25, -0.2) is 14.2 Å². The second-order valence-electron chi connectivity index (χ2n) is 14.8. The van der Waals surface area contributed by atoms with E-state index >= 15 is 4.39 Å². The minimum absolute atomic E-state index is 0.0170. The summed E-state index contributed by atoms with van der Waals surface area (Å²) in [7, 11) is 0. The number of aryl methyl sites for hydroxylation is 1. The molecule has 2 saturated carbocycles. The van der Waals surface area contributed by atoms with Crippen molar-refractivity contribution < 1.29 is 23.8 Å². The molecule has 5 aliphatic rings. The van der Waals surface area contributed by atoms with Gasteiger partial charge in [0.05, 0.1) is 51.6 Å². The van der Waals surface area contributed by atoms with Gasteiger partial charge in [0.25, 0.3) is 0 Å². The molecule has 1 aromatic heterocycles. The van der Waals surface area contributed by atoms with E-state index in [0.717, 1.165) is 19.3 Å². The average molecular weight is 753 g/mol. The van der Waals surface area contributed by atoms with Crippen LogP contribution in [0.1, 0.15) is 64.0 Å². The van der Waals surface area contributed by atoms with Crippen molar-refractivity contribution in [3.63, 3.8) is 0 Å². The van der Waals surface area contributed by atoms with E-state index in [-0.39, 0.29) is 75.5 Å². The Morgan fingerprint density at radius 2 is 1.92 bits per heavy atom. The highest BCUT2D eigenvalue weighted by Crippen LogP contribution is 2.47. The Balaban J connectivity index is 1.36. The van der Waals surface area contributed by atoms with Gasteiger partial charge < -0.3 is 25.0 Å². The van der Waals surface area contributed by atoms with Crippen LogP contribution in [0, 0.1) is 40.8 Å². The molecule has 2 bridgehead atoms. The number of nitrogens with zero attached hydrogens (tertiary/aromatic N) is 4. The number of halogens is 4. The van der Waals surface area contributed by atoms with E-state index in [1.807, 2.05) is 20.8 Å². The first kappa shape index (κ1) is 35.6. The maximum Gasteiger partial charge on any atom is 0.410 e. The van der Waals surface area contributed by atoms with Crippen molar-refractivity contribution in [3.8, 4) is 29.0 Å². The fraction of sp³-hybridized carbons (Fsp3) is 0.474. The molecular weight excluding hydrogens is 716 g/mol. The number of β-amino-alcohol motifs (C(OH)–C–C–N with tert-alkyl or cyclic N) is 1. The molecule has 13 heteroatoms. The lowest BCUT2D eigenvalue weighted by molar-refractivity contribution is -0.132. The predicted octanol–water partition coefficient (Wildman–Crippen LogP) is 7.60. The zero-order valence-corrected chi connectivity index (χ0v) is 30.7. The fourth-order valence-corrected chi connectivity index (χ4v) is 8.09. The van der Waals surface area contributed by atoms with E-state index in [2.05, 4.69) is 28.2 Å². The number of nitrogens with one attached hydrogen (secondary N) is 1. The Morgan fingerprint density at radius 1 is 1.16 bits per heavy atom. The van der Waals surface area contributed by atoms with Crippen molar-refractivity contribution in [2.75, 3.05) is 18.4 Å². The first-order valence-electron chi connectivity index (χ1n) is 17.2. The second kappa shape index (κ2) is 13.6. The quantitative estimate of drug-likeness (QED) is 0.197. The predicted molar refractivity (Wildman–Crippen MR) is 194 cm³/mol. The van der Waals surface area contributed by atoms with Crippen molar-refractivity contribution in [1.82, 2.24) is 14.8 Å². The molecule has 2 amide bonds. The molecule has 4 heterocycles. The third kappa shape index (κ3) is 6.80. The van der Waals surface area contributed by atoms with Crippen LogP contribution in [0.2, 0.25) is 15.2 Å². The van der Waals surface area contributed by atoms with Gasteiger partial charge in [0, 0.05) is 54.3 Å². The zero-order chi connectivity index (χ0) is 36.4. The van der Waals surface area contributed by atoms with E-state index in [0.29, 0.717) is 40.7 Å². The van der Waals surface area contributed by atoms with Gasteiger partial charge >= 0.3 is 6.09 Å². The Labute approximate surface area is 311 Å². The van der Waals surface area contributed by atoms with E-state index in [4.69, 9.17) is 39.5 Å². The van der Waals surface area contributed by atoms with Crippen LogP contribution in [0.5, 0.6) is 0 Å². The second-order valence-corrected chi connectivity index (χ2v) is 16.0. The Kier molecular flexibility index (Phi) is 9.52. The number of amides is 2. The van der Waals surface area contributed by atoms with Crippen LogP contribution in [0.4, 0.5) is 14.9 Å². The molecule has 2 aromatic carbocycles. The Morgan fingerprint density at radius 3 is 2.63 bits per heavy atom. The molecule has 0 unspecified atom stereocenters. The SMILES string of the molecule is CC(C)(C)OC(=O)N1C[C@H]2C[C@@H]1[C@H]2Nc1c(C#C[C@H]2C[C@H](O)CN2C(=O)C2CC2)c(Cl)nc2c(F)c(-c3cccc(Cl)c3Cl)c(CCC#N)cc12. The number of anilines is 1. The van der Waals surface area contributed by atoms with Gasteiger partial charge in [-0.15, -0.1) is 0 Å². The van der Waals surface area contributed by atoms with E-state index in [9.17, 15) is 20.0 Å². The normalized spacial score (nSPS) is 23.8. The number of pyridine rings is 1. The average Bonchev–Trinajstić information content (AvgIpc) is 3.56. The highest BCUT2D eigenvalue weighted by atomic mass is 35.5. The van der Waals surface area contributed by atoms with Crippen LogP contribution in [-0.2, 0) is 16.0 Å². The van der Waals surface area contributed by atoms with Crippen molar-refractivity contribution in [2.24, 2.45) is 11.8 Å². The number of likely N-dealkylation sites (tertiary alicyclic amines) is 1. The maximum atomic E-state index is 17.0. The number of carbonyl (C=O) groups is 2. The number of aliphatic hydroxyl groups excluding tert-OH is 1. The topological polar surface area (TPSA) is 119 Å². The first-order chi connectivity index (χ1) is 24.3. The highest BCUT2D eigenvalue weighted by molar-refractivity contribution is 6.43. The van der Waals surface area contributed by atoms with Crippen LogP contribution in [0.15, 0.2) is 24.3 Å². The summed E-state index contributed by atoms with van der Waals surface area (Å²) >= 11 is 19.8. The smallest absolute Gasteiger partial charge is 0.410 e. The molecule has 266 valence electrons. The number of fused-ring (bicyclic) bond motifs is 2. The summed E-state index contributed by atoms with van der Waals surface area (Å²) in [5.41, 5.74) is 1.10. The monoisotopic (exact) mass is 751 g/mol. The third-order valence-electron chi connectivity index (χ3n) is 10.1. The van der Waals surface area contributed by atoms with E-state index in [1.165, 1.54) is 0 Å². The fourth-order valence-electron chi connectivity index (χ4n) is 7.47. The lowest BCUT2D eigenvalue weighted by atomic mass is 9.79. The van der Waals surface area contributed by atoms with Crippen LogP contribution < -0.4 is 5.32 Å². The number of ether oxygens (including phenoxy) is 1. The first-order valence-corrected chi connectivity index (χ1v) is 18.3. The van der Waals surface area contributed by atoms with Crippen LogP contribution >= 0.6 is 34.8 Å². The number of hydrogen-bond donors (Lipinski definition) is 2. The Hall–Kier alpha value is -3.80. The molecular formula is C38H37Cl3FN5O4. The minimum Gasteiger partial charge on any atom is -0.444 e. The van der Waals surface area contributed by atoms with Gasteiger partial charge in [-0.1, -0.05) is 58.8 Å². The molecule has 51 heavy (non-hydrogen) atoms. The molecule has 3 saturated heterocycles. The minimum atomic E-state index is -0.701. The van der Waals surface area contributed by atoms with Crippen molar-refractivity contribution in [2.45, 2.75) is 89.1 Å². The summed E-state index contributed by atoms with van der Waals surface area (Å²) in [6.07, 6.45) is 1.94. The summed E-state index contributed by atoms with van der Waals surface area (Å²) in [5, 5.41) is 24.3. The third-order valence-corrected chi connectivity index (χ3v) is 11.2. The Bertz CT molecular complexity index is 2050. The van der Waals surface area contributed by atoms with Crippen LogP contribution in [0.25, 0.3) is 22.0 Å². The number of hydrogen-bond acceptors (Lipinski definition) is 7. The number of aromatic nitrogens is 1.